The van der Waals surface area contributed by atoms with Crippen molar-refractivity contribution >= 4 is 0 Å². The van der Waals surface area contributed by atoms with E-state index in [4.69, 9.17) is 10.5 Å². The van der Waals surface area contributed by atoms with E-state index in [2.05, 4.69) is 37.4 Å². The summed E-state index contributed by atoms with van der Waals surface area (Å²) in [7, 11) is 1.74. The third kappa shape index (κ3) is 3.28. The molecule has 1 fully saturated rings. The second-order valence-electron chi connectivity index (χ2n) is 5.67. The number of nitrogens with two attached hydrogens (primary N) is 1. The van der Waals surface area contributed by atoms with Crippen LogP contribution < -0.4 is 15.8 Å². The Balaban J connectivity index is 2.11. The largest absolute Gasteiger partial charge is 0.496 e. The van der Waals surface area contributed by atoms with Crippen LogP contribution in [0.5, 0.6) is 5.75 Å². The van der Waals surface area contributed by atoms with Crippen molar-refractivity contribution in [2.75, 3.05) is 13.7 Å². The third-order valence-electron chi connectivity index (χ3n) is 4.28. The first kappa shape index (κ1) is 14.4. The van der Waals surface area contributed by atoms with Gasteiger partial charge in [-0.1, -0.05) is 24.1 Å². The number of methoxy groups -OCH3 is 1. The van der Waals surface area contributed by atoms with E-state index in [0.717, 1.165) is 12.3 Å². The molecule has 1 saturated carbocycles. The van der Waals surface area contributed by atoms with Crippen molar-refractivity contribution < 1.29 is 4.74 Å². The fraction of sp³-hybridized carbons (Fsp3) is 0.625. The first-order valence-corrected chi connectivity index (χ1v) is 7.26. The Morgan fingerprint density at radius 3 is 2.89 bits per heavy atom. The zero-order chi connectivity index (χ0) is 13.8. The second kappa shape index (κ2) is 6.40. The summed E-state index contributed by atoms with van der Waals surface area (Å²) >= 11 is 0. The Labute approximate surface area is 116 Å². The van der Waals surface area contributed by atoms with Crippen LogP contribution in [0, 0.1) is 12.8 Å². The molecule has 0 bridgehead atoms. The highest BCUT2D eigenvalue weighted by atomic mass is 16.5. The van der Waals surface area contributed by atoms with Crippen molar-refractivity contribution in [1.82, 2.24) is 5.32 Å². The standard InChI is InChI=1S/C16H26N2O/c1-11-7-8-16(19-3)14(9-11)12(2)18-15-6-4-5-13(15)10-17/h7-9,12-13,15,18H,4-6,10,17H2,1-3H3. The molecule has 0 saturated heterocycles. The van der Waals surface area contributed by atoms with Crippen LogP contribution in [-0.4, -0.2) is 19.7 Å². The summed E-state index contributed by atoms with van der Waals surface area (Å²) in [4.78, 5) is 0. The maximum absolute atomic E-state index is 5.85. The van der Waals surface area contributed by atoms with Crippen molar-refractivity contribution in [1.29, 1.82) is 0 Å². The highest BCUT2D eigenvalue weighted by molar-refractivity contribution is 5.38. The Bertz CT molecular complexity index is 419. The lowest BCUT2D eigenvalue weighted by atomic mass is 9.99. The fourth-order valence-corrected chi connectivity index (χ4v) is 3.14. The molecule has 1 aromatic rings. The number of benzene rings is 1. The first-order valence-electron chi connectivity index (χ1n) is 7.26. The number of ether oxygens (including phenoxy) is 1. The zero-order valence-corrected chi connectivity index (χ0v) is 12.3. The summed E-state index contributed by atoms with van der Waals surface area (Å²) in [6.45, 7) is 5.12. The minimum Gasteiger partial charge on any atom is -0.496 e. The summed E-state index contributed by atoms with van der Waals surface area (Å²) in [5.74, 6) is 1.59. The van der Waals surface area contributed by atoms with Crippen LogP contribution in [0.1, 0.15) is 43.4 Å². The molecule has 3 N–H and O–H groups in total. The molecule has 1 aromatic carbocycles. The van der Waals surface area contributed by atoms with Crippen LogP contribution in [0.3, 0.4) is 0 Å². The summed E-state index contributed by atoms with van der Waals surface area (Å²) in [5, 5.41) is 3.74. The van der Waals surface area contributed by atoms with Crippen molar-refractivity contribution in [2.24, 2.45) is 11.7 Å². The molecule has 0 spiro atoms. The van der Waals surface area contributed by atoms with Gasteiger partial charge in [0.1, 0.15) is 5.75 Å². The van der Waals surface area contributed by atoms with Gasteiger partial charge in [0.2, 0.25) is 0 Å². The van der Waals surface area contributed by atoms with E-state index in [0.29, 0.717) is 18.0 Å². The fourth-order valence-electron chi connectivity index (χ4n) is 3.14. The van der Waals surface area contributed by atoms with E-state index in [9.17, 15) is 0 Å². The van der Waals surface area contributed by atoms with E-state index >= 15 is 0 Å². The SMILES string of the molecule is COc1ccc(C)cc1C(C)NC1CCCC1CN. The quantitative estimate of drug-likeness (QED) is 0.858. The van der Waals surface area contributed by atoms with Gasteiger partial charge in [0.15, 0.2) is 0 Å². The van der Waals surface area contributed by atoms with E-state index < -0.39 is 0 Å². The van der Waals surface area contributed by atoms with Gasteiger partial charge in [0, 0.05) is 17.6 Å². The number of rotatable bonds is 5. The molecule has 0 heterocycles. The minimum absolute atomic E-state index is 0.298. The number of nitrogens with one attached hydrogen (secondary N) is 1. The maximum atomic E-state index is 5.85. The van der Waals surface area contributed by atoms with E-state index in [-0.39, 0.29) is 0 Å². The van der Waals surface area contributed by atoms with Crippen LogP contribution >= 0.6 is 0 Å². The molecule has 0 aliphatic heterocycles. The molecule has 1 aliphatic carbocycles. The van der Waals surface area contributed by atoms with Gasteiger partial charge in [-0.05, 0) is 45.2 Å². The summed E-state index contributed by atoms with van der Waals surface area (Å²) in [6.07, 6.45) is 3.78. The van der Waals surface area contributed by atoms with Gasteiger partial charge in [-0.15, -0.1) is 0 Å². The van der Waals surface area contributed by atoms with Gasteiger partial charge in [0.05, 0.1) is 7.11 Å². The van der Waals surface area contributed by atoms with Gasteiger partial charge in [-0.2, -0.15) is 0 Å². The molecule has 3 atom stereocenters. The number of aryl methyl sites for hydroxylation is 1. The highest BCUT2D eigenvalue weighted by Crippen LogP contribution is 2.30. The lowest BCUT2D eigenvalue weighted by Crippen LogP contribution is -2.37. The summed E-state index contributed by atoms with van der Waals surface area (Å²) in [5.41, 5.74) is 8.36. The monoisotopic (exact) mass is 262 g/mol. The molecule has 0 amide bonds. The number of hydrogen-bond acceptors (Lipinski definition) is 3. The van der Waals surface area contributed by atoms with Gasteiger partial charge >= 0.3 is 0 Å². The maximum Gasteiger partial charge on any atom is 0.123 e. The van der Waals surface area contributed by atoms with Crippen LogP contribution in [0.2, 0.25) is 0 Å². The lowest BCUT2D eigenvalue weighted by Gasteiger charge is -2.25. The number of hydrogen-bond donors (Lipinski definition) is 2. The molecule has 106 valence electrons. The molecular weight excluding hydrogens is 236 g/mol. The molecule has 0 aromatic heterocycles. The molecule has 3 nitrogen and oxygen atoms in total. The average molecular weight is 262 g/mol. The smallest absolute Gasteiger partial charge is 0.123 e. The van der Waals surface area contributed by atoms with Gasteiger partial charge < -0.3 is 15.8 Å². The van der Waals surface area contributed by atoms with Crippen molar-refractivity contribution in [3.63, 3.8) is 0 Å². The third-order valence-corrected chi connectivity index (χ3v) is 4.28. The molecule has 0 radical (unpaired) electrons. The molecule has 19 heavy (non-hydrogen) atoms. The lowest BCUT2D eigenvalue weighted by molar-refractivity contribution is 0.359. The van der Waals surface area contributed by atoms with Crippen LogP contribution in [-0.2, 0) is 0 Å². The normalized spacial score (nSPS) is 24.4. The average Bonchev–Trinajstić information content (AvgIpc) is 2.85. The van der Waals surface area contributed by atoms with Crippen molar-refractivity contribution in [2.45, 2.75) is 45.2 Å². The van der Waals surface area contributed by atoms with Crippen LogP contribution in [0.4, 0.5) is 0 Å². The second-order valence-corrected chi connectivity index (χ2v) is 5.67. The first-order chi connectivity index (χ1) is 9.15. The van der Waals surface area contributed by atoms with Crippen molar-refractivity contribution in [3.05, 3.63) is 29.3 Å². The Kier molecular flexibility index (Phi) is 4.83. The van der Waals surface area contributed by atoms with Gasteiger partial charge in [-0.3, -0.25) is 0 Å². The van der Waals surface area contributed by atoms with Crippen LogP contribution in [0.15, 0.2) is 18.2 Å². The Hall–Kier alpha value is -1.06. The summed E-state index contributed by atoms with van der Waals surface area (Å²) < 4.78 is 5.47. The predicted octanol–water partition coefficient (Wildman–Crippen LogP) is 2.78. The molecule has 1 aliphatic rings. The summed E-state index contributed by atoms with van der Waals surface area (Å²) in [6, 6.07) is 7.20. The molecule has 3 unspecified atom stereocenters. The van der Waals surface area contributed by atoms with Gasteiger partial charge in [-0.25, -0.2) is 0 Å². The van der Waals surface area contributed by atoms with E-state index in [1.165, 1.54) is 30.4 Å². The Morgan fingerprint density at radius 1 is 1.42 bits per heavy atom. The molecule has 3 heteroatoms. The predicted molar refractivity (Wildman–Crippen MR) is 79.5 cm³/mol. The molecule has 2 rings (SSSR count). The molecular formula is C16H26N2O. The van der Waals surface area contributed by atoms with E-state index in [1.54, 1.807) is 7.11 Å². The topological polar surface area (TPSA) is 47.3 Å². The minimum atomic E-state index is 0.298. The zero-order valence-electron chi connectivity index (χ0n) is 12.3. The van der Waals surface area contributed by atoms with Crippen molar-refractivity contribution in [3.8, 4) is 5.75 Å². The van der Waals surface area contributed by atoms with Crippen LogP contribution in [0.25, 0.3) is 0 Å². The van der Waals surface area contributed by atoms with E-state index in [1.807, 2.05) is 0 Å². The highest BCUT2D eigenvalue weighted by Gasteiger charge is 2.27. The Morgan fingerprint density at radius 2 is 2.21 bits per heavy atom. The van der Waals surface area contributed by atoms with Gasteiger partial charge in [0.25, 0.3) is 0 Å².